The molecule has 5 heteroatoms. The van der Waals surface area contributed by atoms with Gasteiger partial charge in [0.2, 0.25) is 0 Å². The van der Waals surface area contributed by atoms with Gasteiger partial charge in [-0.05, 0) is 24.6 Å². The molecule has 2 aromatic rings. The van der Waals surface area contributed by atoms with Gasteiger partial charge in [-0.2, -0.15) is 0 Å². The quantitative estimate of drug-likeness (QED) is 0.746. The van der Waals surface area contributed by atoms with E-state index in [4.69, 9.17) is 0 Å². The number of hydrogen-bond acceptors (Lipinski definition) is 2. The first-order valence-corrected chi connectivity index (χ1v) is 6.27. The summed E-state index contributed by atoms with van der Waals surface area (Å²) in [5.74, 6) is 0.906. The number of carbonyl (C=O) groups is 1. The summed E-state index contributed by atoms with van der Waals surface area (Å²) in [4.78, 5) is 18.5. The molecule has 0 saturated heterocycles. The van der Waals surface area contributed by atoms with Crippen LogP contribution in [0.1, 0.15) is 25.2 Å². The van der Waals surface area contributed by atoms with Crippen LogP contribution >= 0.6 is 12.6 Å². The lowest BCUT2D eigenvalue weighted by Gasteiger charge is -2.25. The van der Waals surface area contributed by atoms with Crippen molar-refractivity contribution in [3.05, 3.63) is 29.6 Å². The number of nitrogens with zero attached hydrogens (tertiary/aromatic N) is 1. The molecule has 0 spiro atoms. The highest BCUT2D eigenvalue weighted by Gasteiger charge is 2.21. The average Bonchev–Trinajstić information content (AvgIpc) is 2.65. The van der Waals surface area contributed by atoms with Crippen molar-refractivity contribution in [2.45, 2.75) is 26.2 Å². The Kier molecular flexibility index (Phi) is 3.34. The van der Waals surface area contributed by atoms with Crippen LogP contribution in [0, 0.1) is 6.92 Å². The summed E-state index contributed by atoms with van der Waals surface area (Å²) in [5.41, 5.74) is 2.99. The number of benzene rings is 1. The monoisotopic (exact) mass is 263 g/mol. The van der Waals surface area contributed by atoms with Gasteiger partial charge in [0.1, 0.15) is 5.82 Å². The van der Waals surface area contributed by atoms with Gasteiger partial charge in [0.15, 0.2) is 0 Å². The van der Waals surface area contributed by atoms with Crippen molar-refractivity contribution >= 4 is 28.9 Å². The lowest BCUT2D eigenvalue weighted by atomic mass is 9.84. The standard InChI is InChI=1S/C13H17N3OS/c1-8-15-10-5-4-9(6-11(10)16-8)13(2,3)7-14-12(17)18/h4-6H,7H2,1-3H3,(H,15,16)(H2,14,17,18). The molecule has 4 nitrogen and oxygen atoms in total. The lowest BCUT2D eigenvalue weighted by Crippen LogP contribution is -2.34. The number of carbonyl (C=O) groups excluding carboxylic acids is 1. The van der Waals surface area contributed by atoms with E-state index in [0.29, 0.717) is 6.54 Å². The van der Waals surface area contributed by atoms with Gasteiger partial charge in [0, 0.05) is 12.0 Å². The van der Waals surface area contributed by atoms with Crippen LogP contribution in [0.15, 0.2) is 18.2 Å². The first kappa shape index (κ1) is 13.0. The van der Waals surface area contributed by atoms with E-state index in [1.54, 1.807) is 0 Å². The third kappa shape index (κ3) is 2.67. The Morgan fingerprint density at radius 3 is 2.89 bits per heavy atom. The van der Waals surface area contributed by atoms with Crippen LogP contribution in [-0.4, -0.2) is 21.8 Å². The summed E-state index contributed by atoms with van der Waals surface area (Å²) < 4.78 is 0. The molecule has 0 fully saturated rings. The first-order chi connectivity index (χ1) is 8.38. The van der Waals surface area contributed by atoms with E-state index >= 15 is 0 Å². The molecule has 1 amide bonds. The van der Waals surface area contributed by atoms with Crippen molar-refractivity contribution < 1.29 is 4.79 Å². The van der Waals surface area contributed by atoms with Crippen molar-refractivity contribution in [3.63, 3.8) is 0 Å². The number of aromatic amines is 1. The predicted octanol–water partition coefficient (Wildman–Crippen LogP) is 2.79. The number of imidazole rings is 1. The normalized spacial score (nSPS) is 11.8. The van der Waals surface area contributed by atoms with E-state index in [-0.39, 0.29) is 10.7 Å². The third-order valence-corrected chi connectivity index (χ3v) is 3.22. The third-order valence-electron chi connectivity index (χ3n) is 3.06. The van der Waals surface area contributed by atoms with Gasteiger partial charge in [0.05, 0.1) is 11.0 Å². The molecule has 1 aromatic carbocycles. The second kappa shape index (κ2) is 4.65. The number of aryl methyl sites for hydroxylation is 1. The van der Waals surface area contributed by atoms with Crippen LogP contribution in [0.4, 0.5) is 4.79 Å². The van der Waals surface area contributed by atoms with Gasteiger partial charge in [-0.3, -0.25) is 4.79 Å². The minimum Gasteiger partial charge on any atom is -0.346 e. The van der Waals surface area contributed by atoms with E-state index in [1.165, 1.54) is 0 Å². The van der Waals surface area contributed by atoms with Crippen molar-refractivity contribution in [1.29, 1.82) is 0 Å². The lowest BCUT2D eigenvalue weighted by molar-refractivity contribution is 0.259. The molecular formula is C13H17N3OS. The molecule has 0 saturated carbocycles. The molecular weight excluding hydrogens is 246 g/mol. The minimum atomic E-state index is -0.304. The van der Waals surface area contributed by atoms with Crippen LogP contribution < -0.4 is 5.32 Å². The number of fused-ring (bicyclic) bond motifs is 1. The molecule has 0 aliphatic carbocycles. The topological polar surface area (TPSA) is 57.8 Å². The Labute approximate surface area is 112 Å². The molecule has 0 atom stereocenters. The fourth-order valence-electron chi connectivity index (χ4n) is 1.96. The Morgan fingerprint density at radius 1 is 1.50 bits per heavy atom. The molecule has 0 aliphatic rings. The number of rotatable bonds is 3. The maximum absolute atomic E-state index is 10.9. The van der Waals surface area contributed by atoms with Crippen LogP contribution in [0.25, 0.3) is 11.0 Å². The second-order valence-electron chi connectivity index (χ2n) is 5.10. The fraction of sp³-hybridized carbons (Fsp3) is 0.385. The maximum atomic E-state index is 10.9. The van der Waals surface area contributed by atoms with Gasteiger partial charge in [-0.15, -0.1) is 0 Å². The van der Waals surface area contributed by atoms with Crippen LogP contribution in [0.2, 0.25) is 0 Å². The highest BCUT2D eigenvalue weighted by Crippen LogP contribution is 2.25. The number of nitrogens with one attached hydrogen (secondary N) is 2. The first-order valence-electron chi connectivity index (χ1n) is 5.82. The number of thiol groups is 1. The maximum Gasteiger partial charge on any atom is 0.276 e. The number of H-pyrrole nitrogens is 1. The molecule has 0 radical (unpaired) electrons. The van der Waals surface area contributed by atoms with E-state index in [1.807, 2.05) is 19.1 Å². The summed E-state index contributed by atoms with van der Waals surface area (Å²) in [7, 11) is 0. The van der Waals surface area contributed by atoms with Crippen LogP contribution in [0.3, 0.4) is 0 Å². The van der Waals surface area contributed by atoms with Gasteiger partial charge in [-0.1, -0.05) is 32.5 Å². The van der Waals surface area contributed by atoms with Gasteiger partial charge in [-0.25, -0.2) is 4.98 Å². The van der Waals surface area contributed by atoms with E-state index < -0.39 is 0 Å². The molecule has 96 valence electrons. The van der Waals surface area contributed by atoms with E-state index in [2.05, 4.69) is 47.8 Å². The highest BCUT2D eigenvalue weighted by molar-refractivity contribution is 7.96. The average molecular weight is 263 g/mol. The van der Waals surface area contributed by atoms with Crippen molar-refractivity contribution in [3.8, 4) is 0 Å². The highest BCUT2D eigenvalue weighted by atomic mass is 32.1. The Morgan fingerprint density at radius 2 is 2.22 bits per heavy atom. The fourth-order valence-corrected chi connectivity index (χ4v) is 2.04. The number of hydrogen-bond donors (Lipinski definition) is 3. The summed E-state index contributed by atoms with van der Waals surface area (Å²) in [6.45, 7) is 6.65. The van der Waals surface area contributed by atoms with Gasteiger partial charge < -0.3 is 10.3 Å². The predicted molar refractivity (Wildman–Crippen MR) is 76.2 cm³/mol. The van der Waals surface area contributed by atoms with Gasteiger partial charge in [0.25, 0.3) is 5.24 Å². The zero-order chi connectivity index (χ0) is 13.3. The smallest absolute Gasteiger partial charge is 0.276 e. The summed E-state index contributed by atoms with van der Waals surface area (Å²) in [6.07, 6.45) is 0. The van der Waals surface area contributed by atoms with E-state index in [0.717, 1.165) is 22.4 Å². The van der Waals surface area contributed by atoms with Crippen LogP contribution in [0.5, 0.6) is 0 Å². The molecule has 1 heterocycles. The molecule has 1 aromatic heterocycles. The van der Waals surface area contributed by atoms with Crippen LogP contribution in [-0.2, 0) is 5.41 Å². The van der Waals surface area contributed by atoms with E-state index in [9.17, 15) is 4.79 Å². The zero-order valence-electron chi connectivity index (χ0n) is 10.7. The molecule has 0 unspecified atom stereocenters. The SMILES string of the molecule is Cc1nc2ccc(C(C)(C)CNC(=O)S)cc2[nH]1. The number of amides is 1. The van der Waals surface area contributed by atoms with Crippen molar-refractivity contribution in [2.75, 3.05) is 6.54 Å². The second-order valence-corrected chi connectivity index (χ2v) is 5.50. The Balaban J connectivity index is 2.31. The minimum absolute atomic E-state index is 0.147. The van der Waals surface area contributed by atoms with Crippen molar-refractivity contribution in [1.82, 2.24) is 15.3 Å². The molecule has 2 rings (SSSR count). The Hall–Kier alpha value is -1.49. The summed E-state index contributed by atoms with van der Waals surface area (Å²) in [6, 6.07) is 6.13. The molecule has 0 aliphatic heterocycles. The zero-order valence-corrected chi connectivity index (χ0v) is 11.6. The Bertz CT molecular complexity index is 589. The van der Waals surface area contributed by atoms with Crippen molar-refractivity contribution in [2.24, 2.45) is 0 Å². The van der Waals surface area contributed by atoms with Gasteiger partial charge >= 0.3 is 0 Å². The molecule has 2 N–H and O–H groups in total. The number of aromatic nitrogens is 2. The summed E-state index contributed by atoms with van der Waals surface area (Å²) in [5, 5.41) is 2.43. The molecule has 18 heavy (non-hydrogen) atoms. The largest absolute Gasteiger partial charge is 0.346 e. The summed E-state index contributed by atoms with van der Waals surface area (Å²) >= 11 is 3.72. The molecule has 0 bridgehead atoms.